The fraction of sp³-hybridized carbons (Fsp3) is 0.273. The SMILES string of the molecule is Cc1cccc(OCC(=O)N2Cc3c(C(=O)NCc4cccnc4)nn(C)c3C2)c1. The Morgan fingerprint density at radius 3 is 2.83 bits per heavy atom. The second-order valence-corrected chi connectivity index (χ2v) is 7.30. The summed E-state index contributed by atoms with van der Waals surface area (Å²) in [6, 6.07) is 11.3. The molecule has 4 rings (SSSR count). The minimum absolute atomic E-state index is 0.0482. The summed E-state index contributed by atoms with van der Waals surface area (Å²) in [6.07, 6.45) is 3.39. The Morgan fingerprint density at radius 2 is 2.07 bits per heavy atom. The van der Waals surface area contributed by atoms with Crippen LogP contribution in [0.25, 0.3) is 0 Å². The molecule has 3 aromatic rings. The van der Waals surface area contributed by atoms with Crippen LogP contribution in [-0.4, -0.2) is 38.1 Å². The normalized spacial score (nSPS) is 12.5. The molecule has 8 heteroatoms. The highest BCUT2D eigenvalue weighted by Gasteiger charge is 2.32. The second-order valence-electron chi connectivity index (χ2n) is 7.30. The van der Waals surface area contributed by atoms with Crippen molar-refractivity contribution >= 4 is 11.8 Å². The smallest absolute Gasteiger partial charge is 0.272 e. The van der Waals surface area contributed by atoms with Gasteiger partial charge in [0, 0.05) is 31.5 Å². The van der Waals surface area contributed by atoms with Gasteiger partial charge in [0.05, 0.1) is 18.8 Å². The van der Waals surface area contributed by atoms with Crippen LogP contribution in [-0.2, 0) is 31.5 Å². The van der Waals surface area contributed by atoms with E-state index in [2.05, 4.69) is 15.4 Å². The van der Waals surface area contributed by atoms with Crippen LogP contribution in [0.15, 0.2) is 48.8 Å². The predicted octanol–water partition coefficient (Wildman–Crippen LogP) is 1.97. The number of aryl methyl sites for hydroxylation is 2. The van der Waals surface area contributed by atoms with Crippen LogP contribution in [0.3, 0.4) is 0 Å². The summed E-state index contributed by atoms with van der Waals surface area (Å²) in [5, 5.41) is 7.23. The summed E-state index contributed by atoms with van der Waals surface area (Å²) in [6.45, 7) is 3.04. The molecule has 2 amide bonds. The van der Waals surface area contributed by atoms with Gasteiger partial charge in [0.25, 0.3) is 11.8 Å². The maximum atomic E-state index is 12.7. The van der Waals surface area contributed by atoms with Gasteiger partial charge in [0.1, 0.15) is 5.75 Å². The number of nitrogens with one attached hydrogen (secondary N) is 1. The van der Waals surface area contributed by atoms with E-state index in [1.165, 1.54) is 0 Å². The lowest BCUT2D eigenvalue weighted by Gasteiger charge is -2.17. The van der Waals surface area contributed by atoms with E-state index >= 15 is 0 Å². The van der Waals surface area contributed by atoms with Crippen LogP contribution in [0.2, 0.25) is 0 Å². The predicted molar refractivity (Wildman–Crippen MR) is 110 cm³/mol. The van der Waals surface area contributed by atoms with Gasteiger partial charge in [-0.25, -0.2) is 0 Å². The summed E-state index contributed by atoms with van der Waals surface area (Å²) in [4.78, 5) is 31.0. The standard InChI is InChI=1S/C22H23N5O3/c1-15-5-3-7-17(9-15)30-14-20(28)27-12-18-19(13-27)26(2)25-21(18)22(29)24-11-16-6-4-8-23-10-16/h3-10H,11-14H2,1-2H3,(H,24,29). The zero-order chi connectivity index (χ0) is 21.1. The van der Waals surface area contributed by atoms with Crippen LogP contribution < -0.4 is 10.1 Å². The first-order chi connectivity index (χ1) is 14.5. The van der Waals surface area contributed by atoms with Crippen molar-refractivity contribution in [2.24, 2.45) is 7.05 Å². The number of aromatic nitrogens is 3. The molecule has 1 aliphatic heterocycles. The van der Waals surface area contributed by atoms with Crippen molar-refractivity contribution < 1.29 is 14.3 Å². The van der Waals surface area contributed by atoms with E-state index in [0.717, 1.165) is 22.4 Å². The Bertz CT molecular complexity index is 1080. The van der Waals surface area contributed by atoms with Gasteiger partial charge in [0.2, 0.25) is 0 Å². The van der Waals surface area contributed by atoms with Gasteiger partial charge in [-0.1, -0.05) is 18.2 Å². The van der Waals surface area contributed by atoms with Crippen LogP contribution in [0, 0.1) is 6.92 Å². The molecule has 1 N–H and O–H groups in total. The average Bonchev–Trinajstić information content (AvgIpc) is 3.32. The molecular formula is C22H23N5O3. The first-order valence-electron chi connectivity index (χ1n) is 9.70. The van der Waals surface area contributed by atoms with Crippen molar-refractivity contribution in [1.82, 2.24) is 25.0 Å². The number of ether oxygens (including phenoxy) is 1. The fourth-order valence-corrected chi connectivity index (χ4v) is 3.46. The Morgan fingerprint density at radius 1 is 1.20 bits per heavy atom. The van der Waals surface area contributed by atoms with Crippen LogP contribution in [0.5, 0.6) is 5.75 Å². The van der Waals surface area contributed by atoms with E-state index in [0.29, 0.717) is 31.1 Å². The second kappa shape index (κ2) is 8.36. The van der Waals surface area contributed by atoms with E-state index < -0.39 is 0 Å². The molecule has 0 saturated heterocycles. The fourth-order valence-electron chi connectivity index (χ4n) is 3.46. The monoisotopic (exact) mass is 405 g/mol. The third-order valence-corrected chi connectivity index (χ3v) is 5.06. The summed E-state index contributed by atoms with van der Waals surface area (Å²) >= 11 is 0. The molecule has 0 saturated carbocycles. The number of hydrogen-bond donors (Lipinski definition) is 1. The van der Waals surface area contributed by atoms with Gasteiger partial charge in [-0.3, -0.25) is 19.3 Å². The molecule has 0 aliphatic carbocycles. The van der Waals surface area contributed by atoms with Crippen molar-refractivity contribution in [1.29, 1.82) is 0 Å². The quantitative estimate of drug-likeness (QED) is 0.677. The zero-order valence-electron chi connectivity index (χ0n) is 17.0. The molecule has 8 nitrogen and oxygen atoms in total. The van der Waals surface area contributed by atoms with Gasteiger partial charge in [-0.05, 0) is 36.2 Å². The number of pyridine rings is 1. The number of carbonyl (C=O) groups is 2. The van der Waals surface area contributed by atoms with Crippen molar-refractivity contribution in [3.05, 3.63) is 76.9 Å². The minimum atomic E-state index is -0.263. The number of rotatable bonds is 6. The van der Waals surface area contributed by atoms with Crippen LogP contribution in [0.4, 0.5) is 0 Å². The third kappa shape index (κ3) is 4.17. The number of hydrogen-bond acceptors (Lipinski definition) is 5. The van der Waals surface area contributed by atoms with Gasteiger partial charge in [-0.2, -0.15) is 5.10 Å². The molecular weight excluding hydrogens is 382 g/mol. The summed E-state index contributed by atoms with van der Waals surface area (Å²) in [5.41, 5.74) is 3.98. The van der Waals surface area contributed by atoms with Gasteiger partial charge < -0.3 is 15.0 Å². The topological polar surface area (TPSA) is 89.3 Å². The van der Waals surface area contributed by atoms with Gasteiger partial charge >= 0.3 is 0 Å². The molecule has 0 unspecified atom stereocenters. The molecule has 154 valence electrons. The Hall–Kier alpha value is -3.68. The molecule has 0 bridgehead atoms. The van der Waals surface area contributed by atoms with Gasteiger partial charge in [-0.15, -0.1) is 0 Å². The number of carbonyl (C=O) groups excluding carboxylic acids is 2. The number of benzene rings is 1. The highest BCUT2D eigenvalue weighted by atomic mass is 16.5. The first-order valence-corrected chi connectivity index (χ1v) is 9.70. The van der Waals surface area contributed by atoms with E-state index in [1.807, 2.05) is 43.3 Å². The summed E-state index contributed by atoms with van der Waals surface area (Å²) < 4.78 is 7.30. The lowest BCUT2D eigenvalue weighted by molar-refractivity contribution is -0.134. The first kappa shape index (κ1) is 19.6. The van der Waals surface area contributed by atoms with E-state index in [4.69, 9.17) is 4.74 Å². The van der Waals surface area contributed by atoms with E-state index in [-0.39, 0.29) is 18.4 Å². The Balaban J connectivity index is 1.39. The molecule has 3 heterocycles. The van der Waals surface area contributed by atoms with E-state index in [1.54, 1.807) is 29.0 Å². The van der Waals surface area contributed by atoms with Crippen LogP contribution >= 0.6 is 0 Å². The van der Waals surface area contributed by atoms with Crippen LogP contribution in [0.1, 0.15) is 32.9 Å². The number of nitrogens with zero attached hydrogens (tertiary/aromatic N) is 4. The number of fused-ring (bicyclic) bond motifs is 1. The van der Waals surface area contributed by atoms with Gasteiger partial charge in [0.15, 0.2) is 12.3 Å². The Kier molecular flexibility index (Phi) is 5.47. The highest BCUT2D eigenvalue weighted by molar-refractivity contribution is 5.94. The molecule has 1 aliphatic rings. The highest BCUT2D eigenvalue weighted by Crippen LogP contribution is 2.26. The van der Waals surface area contributed by atoms with Crippen molar-refractivity contribution in [3.63, 3.8) is 0 Å². The van der Waals surface area contributed by atoms with E-state index in [9.17, 15) is 9.59 Å². The molecule has 0 radical (unpaired) electrons. The third-order valence-electron chi connectivity index (χ3n) is 5.06. The number of amides is 2. The average molecular weight is 405 g/mol. The molecule has 0 spiro atoms. The maximum absolute atomic E-state index is 12.7. The molecule has 1 aromatic carbocycles. The van der Waals surface area contributed by atoms with Crippen molar-refractivity contribution in [2.45, 2.75) is 26.6 Å². The molecule has 0 atom stereocenters. The molecule has 30 heavy (non-hydrogen) atoms. The molecule has 0 fully saturated rings. The van der Waals surface area contributed by atoms with Crippen molar-refractivity contribution in [2.75, 3.05) is 6.61 Å². The minimum Gasteiger partial charge on any atom is -0.484 e. The van der Waals surface area contributed by atoms with Crippen molar-refractivity contribution in [3.8, 4) is 5.75 Å². The lowest BCUT2D eigenvalue weighted by Crippen LogP contribution is -2.31. The summed E-state index contributed by atoms with van der Waals surface area (Å²) in [5.74, 6) is 0.271. The lowest BCUT2D eigenvalue weighted by atomic mass is 10.2. The Labute approximate surface area is 174 Å². The maximum Gasteiger partial charge on any atom is 0.272 e. The molecule has 2 aromatic heterocycles. The largest absolute Gasteiger partial charge is 0.484 e. The summed E-state index contributed by atoms with van der Waals surface area (Å²) in [7, 11) is 1.79. The zero-order valence-corrected chi connectivity index (χ0v) is 17.0.